The Kier molecular flexibility index (Phi) is 9.47. The van der Waals surface area contributed by atoms with Gasteiger partial charge in [-0.2, -0.15) is 10.2 Å². The van der Waals surface area contributed by atoms with Gasteiger partial charge in [0.1, 0.15) is 11.0 Å². The number of ether oxygens (including phenoxy) is 1. The van der Waals surface area contributed by atoms with E-state index in [0.717, 1.165) is 50.6 Å². The number of fused-ring (bicyclic) bond motifs is 2. The molecule has 7 nitrogen and oxygen atoms in total. The minimum atomic E-state index is -1.29. The van der Waals surface area contributed by atoms with Crippen molar-refractivity contribution in [3.05, 3.63) is 88.0 Å². The van der Waals surface area contributed by atoms with Crippen LogP contribution in [-0.4, -0.2) is 47.8 Å². The molecule has 228 valence electrons. The highest BCUT2D eigenvalue weighted by molar-refractivity contribution is 7.82. The SMILES string of the molecule is CCOC(=O)C(C)C(c1ccc(C)c(CN2CCN(C)c3ccccc3S2=O)c1)c1ccc2c(c1C)N=NCC(C)C2C. The number of hydrogen-bond donors (Lipinski definition) is 0. The predicted molar refractivity (Wildman–Crippen MR) is 173 cm³/mol. The third-order valence-corrected chi connectivity index (χ3v) is 10.8. The normalized spacial score (nSPS) is 21.7. The second-order valence-electron chi connectivity index (χ2n) is 12.1. The zero-order chi connectivity index (χ0) is 30.8. The van der Waals surface area contributed by atoms with Gasteiger partial charge in [-0.1, -0.05) is 63.2 Å². The van der Waals surface area contributed by atoms with Crippen molar-refractivity contribution in [1.82, 2.24) is 4.31 Å². The minimum Gasteiger partial charge on any atom is -0.466 e. The number of aryl methyl sites for hydroxylation is 1. The zero-order valence-electron chi connectivity index (χ0n) is 26.5. The van der Waals surface area contributed by atoms with Crippen molar-refractivity contribution in [2.75, 3.05) is 38.2 Å². The Bertz CT molecular complexity index is 1550. The minimum absolute atomic E-state index is 0.221. The van der Waals surface area contributed by atoms with Crippen molar-refractivity contribution in [1.29, 1.82) is 0 Å². The first-order valence-electron chi connectivity index (χ1n) is 15.4. The zero-order valence-corrected chi connectivity index (χ0v) is 27.3. The molecule has 0 aromatic heterocycles. The lowest BCUT2D eigenvalue weighted by Gasteiger charge is -2.28. The fourth-order valence-electron chi connectivity index (χ4n) is 6.33. The summed E-state index contributed by atoms with van der Waals surface area (Å²) in [5.41, 5.74) is 8.52. The second-order valence-corrected chi connectivity index (χ2v) is 13.6. The van der Waals surface area contributed by atoms with Crippen molar-refractivity contribution < 1.29 is 13.7 Å². The first-order chi connectivity index (χ1) is 20.6. The summed E-state index contributed by atoms with van der Waals surface area (Å²) < 4.78 is 21.4. The molecule has 5 atom stereocenters. The van der Waals surface area contributed by atoms with Crippen LogP contribution >= 0.6 is 0 Å². The number of carbonyl (C=O) groups is 1. The van der Waals surface area contributed by atoms with E-state index in [4.69, 9.17) is 4.74 Å². The number of carbonyl (C=O) groups excluding carboxylic acids is 1. The average molecular weight is 601 g/mol. The molecule has 0 N–H and O–H groups in total. The molecule has 0 amide bonds. The van der Waals surface area contributed by atoms with Crippen LogP contribution in [0.4, 0.5) is 11.4 Å². The van der Waals surface area contributed by atoms with Gasteiger partial charge in [-0.3, -0.25) is 4.79 Å². The number of anilines is 1. The number of likely N-dealkylation sites (N-methyl/N-ethyl adjacent to an activating group) is 1. The number of hydrogen-bond acceptors (Lipinski definition) is 6. The second kappa shape index (κ2) is 13.1. The van der Waals surface area contributed by atoms with Gasteiger partial charge in [-0.05, 0) is 78.1 Å². The summed E-state index contributed by atoms with van der Waals surface area (Å²) in [6.45, 7) is 15.5. The quantitative estimate of drug-likeness (QED) is 0.264. The van der Waals surface area contributed by atoms with Gasteiger partial charge in [0.25, 0.3) is 0 Å². The molecule has 2 aliphatic rings. The van der Waals surface area contributed by atoms with Crippen molar-refractivity contribution in [3.63, 3.8) is 0 Å². The first-order valence-corrected chi connectivity index (χ1v) is 16.5. The lowest BCUT2D eigenvalue weighted by atomic mass is 9.77. The van der Waals surface area contributed by atoms with Crippen molar-refractivity contribution in [2.45, 2.75) is 64.8 Å². The average Bonchev–Trinajstić information content (AvgIpc) is 3.22. The Morgan fingerprint density at radius 1 is 1.09 bits per heavy atom. The van der Waals surface area contributed by atoms with Gasteiger partial charge >= 0.3 is 5.97 Å². The summed E-state index contributed by atoms with van der Waals surface area (Å²) in [5.74, 6) is -0.139. The molecule has 3 aromatic rings. The van der Waals surface area contributed by atoms with Crippen LogP contribution < -0.4 is 4.90 Å². The molecule has 5 rings (SSSR count). The van der Waals surface area contributed by atoms with E-state index in [1.807, 2.05) is 38.1 Å². The largest absolute Gasteiger partial charge is 0.466 e. The van der Waals surface area contributed by atoms with Gasteiger partial charge in [-0.15, -0.1) is 0 Å². The summed E-state index contributed by atoms with van der Waals surface area (Å²) in [7, 11) is 0.762. The number of esters is 1. The molecule has 2 aliphatic heterocycles. The van der Waals surface area contributed by atoms with Crippen LogP contribution in [0.5, 0.6) is 0 Å². The maximum absolute atomic E-state index is 13.8. The van der Waals surface area contributed by atoms with E-state index in [1.54, 1.807) is 0 Å². The van der Waals surface area contributed by atoms with Crippen LogP contribution in [0.1, 0.15) is 72.9 Å². The summed E-state index contributed by atoms with van der Waals surface area (Å²) in [6.07, 6.45) is 0. The smallest absolute Gasteiger partial charge is 0.309 e. The molecule has 0 saturated carbocycles. The summed E-state index contributed by atoms with van der Waals surface area (Å²) >= 11 is 0. The van der Waals surface area contributed by atoms with E-state index in [0.29, 0.717) is 38.1 Å². The third kappa shape index (κ3) is 6.18. The lowest BCUT2D eigenvalue weighted by molar-refractivity contribution is -0.147. The molecule has 0 saturated heterocycles. The maximum atomic E-state index is 13.8. The Morgan fingerprint density at radius 3 is 2.63 bits per heavy atom. The van der Waals surface area contributed by atoms with E-state index in [9.17, 15) is 9.00 Å². The van der Waals surface area contributed by atoms with E-state index in [-0.39, 0.29) is 11.9 Å². The van der Waals surface area contributed by atoms with Crippen LogP contribution in [0, 0.1) is 25.7 Å². The van der Waals surface area contributed by atoms with Gasteiger partial charge < -0.3 is 9.64 Å². The summed E-state index contributed by atoms with van der Waals surface area (Å²) in [4.78, 5) is 16.3. The van der Waals surface area contributed by atoms with Gasteiger partial charge in [-0.25, -0.2) is 8.51 Å². The molecular formula is C35H44N4O3S. The third-order valence-electron chi connectivity index (χ3n) is 9.34. The van der Waals surface area contributed by atoms with Crippen LogP contribution in [0.15, 0.2) is 69.7 Å². The van der Waals surface area contributed by atoms with Gasteiger partial charge in [0, 0.05) is 32.6 Å². The molecule has 5 unspecified atom stereocenters. The monoisotopic (exact) mass is 600 g/mol. The predicted octanol–water partition coefficient (Wildman–Crippen LogP) is 7.45. The molecule has 3 aromatic carbocycles. The molecule has 0 aliphatic carbocycles. The van der Waals surface area contributed by atoms with E-state index < -0.39 is 16.9 Å². The lowest BCUT2D eigenvalue weighted by Crippen LogP contribution is -2.30. The van der Waals surface area contributed by atoms with E-state index >= 15 is 0 Å². The van der Waals surface area contributed by atoms with Crippen LogP contribution in [-0.2, 0) is 27.1 Å². The van der Waals surface area contributed by atoms with E-state index in [2.05, 4.69) is 84.5 Å². The maximum Gasteiger partial charge on any atom is 0.309 e. The number of nitrogens with zero attached hydrogens (tertiary/aromatic N) is 4. The summed E-state index contributed by atoms with van der Waals surface area (Å²) in [5, 5.41) is 9.19. The van der Waals surface area contributed by atoms with Crippen LogP contribution in [0.25, 0.3) is 0 Å². The van der Waals surface area contributed by atoms with Crippen molar-refractivity contribution in [2.24, 2.45) is 22.1 Å². The Labute approximate surface area is 258 Å². The molecule has 0 fully saturated rings. The fraction of sp³-hybridized carbons (Fsp3) is 0.457. The molecule has 8 heteroatoms. The van der Waals surface area contributed by atoms with Gasteiger partial charge in [0.05, 0.1) is 35.3 Å². The molecular weight excluding hydrogens is 556 g/mol. The van der Waals surface area contributed by atoms with Gasteiger partial charge in [0.15, 0.2) is 0 Å². The topological polar surface area (TPSA) is 74.6 Å². The molecule has 0 radical (unpaired) electrons. The van der Waals surface area contributed by atoms with Gasteiger partial charge in [0.2, 0.25) is 0 Å². The molecule has 2 heterocycles. The molecule has 0 bridgehead atoms. The Hall–Kier alpha value is -3.36. The number of azo groups is 1. The highest BCUT2D eigenvalue weighted by Gasteiger charge is 2.33. The van der Waals surface area contributed by atoms with E-state index in [1.165, 1.54) is 5.56 Å². The number of para-hydroxylation sites is 1. The first kappa shape index (κ1) is 31.1. The molecule has 0 spiro atoms. The van der Waals surface area contributed by atoms with Crippen molar-refractivity contribution >= 4 is 28.3 Å². The summed E-state index contributed by atoms with van der Waals surface area (Å²) in [6, 6.07) is 18.7. The number of benzene rings is 3. The van der Waals surface area contributed by atoms with Crippen LogP contribution in [0.2, 0.25) is 0 Å². The Balaban J connectivity index is 1.56. The highest BCUT2D eigenvalue weighted by atomic mass is 32.2. The molecule has 43 heavy (non-hydrogen) atoms. The standard InChI is InChI=1S/C35H44N4O3S/c1-8-42-35(40)26(6)33(29-15-16-30-24(4)23(3)20-36-37-34(30)25(29)5)27-14-13-22(2)28(19-27)21-39-18-17-38(7)31-11-9-10-12-32(31)43(39)41/h9-16,19,23-24,26,33H,8,17-18,20-21H2,1-7H3. The van der Waals surface area contributed by atoms with Crippen LogP contribution in [0.3, 0.4) is 0 Å². The Morgan fingerprint density at radius 2 is 1.86 bits per heavy atom. The number of rotatable bonds is 7. The highest BCUT2D eigenvalue weighted by Crippen LogP contribution is 2.44. The van der Waals surface area contributed by atoms with Crippen molar-refractivity contribution in [3.8, 4) is 0 Å². The fourth-order valence-corrected chi connectivity index (χ4v) is 7.71.